The summed E-state index contributed by atoms with van der Waals surface area (Å²) in [6, 6.07) is 5.30. The molecule has 2 nitrogen and oxygen atoms in total. The zero-order valence-electron chi connectivity index (χ0n) is 9.75. The smallest absolute Gasteiger partial charge is 0.129 e. The maximum absolute atomic E-state index is 13.6. The van der Waals surface area contributed by atoms with Gasteiger partial charge in [-0.15, -0.1) is 12.4 Å². The highest BCUT2D eigenvalue weighted by Crippen LogP contribution is 2.21. The van der Waals surface area contributed by atoms with Crippen LogP contribution in [0, 0.1) is 5.82 Å². The van der Waals surface area contributed by atoms with Crippen LogP contribution in [0.2, 0.25) is 5.02 Å². The Morgan fingerprint density at radius 2 is 2.29 bits per heavy atom. The summed E-state index contributed by atoms with van der Waals surface area (Å²) >= 11 is 6.00. The minimum Gasteiger partial charge on any atom is -0.312 e. The van der Waals surface area contributed by atoms with Gasteiger partial charge in [0.25, 0.3) is 0 Å². The number of piperazine rings is 1. The third kappa shape index (κ3) is 3.81. The fourth-order valence-corrected chi connectivity index (χ4v) is 2.29. The first-order valence-electron chi connectivity index (χ1n) is 5.55. The van der Waals surface area contributed by atoms with Gasteiger partial charge in [0, 0.05) is 42.8 Å². The number of benzene rings is 1. The van der Waals surface area contributed by atoms with Gasteiger partial charge < -0.3 is 5.32 Å². The van der Waals surface area contributed by atoms with Crippen molar-refractivity contribution in [2.75, 3.05) is 19.6 Å². The van der Waals surface area contributed by atoms with Gasteiger partial charge in [-0.2, -0.15) is 0 Å². The molecular formula is C12H17Cl2FN2. The second-order valence-electron chi connectivity index (χ2n) is 4.29. The first-order valence-corrected chi connectivity index (χ1v) is 5.93. The zero-order valence-corrected chi connectivity index (χ0v) is 11.3. The number of hydrogen-bond acceptors (Lipinski definition) is 2. The summed E-state index contributed by atoms with van der Waals surface area (Å²) in [4.78, 5) is 2.23. The number of hydrogen-bond donors (Lipinski definition) is 1. The van der Waals surface area contributed by atoms with Crippen LogP contribution in [-0.4, -0.2) is 30.6 Å². The van der Waals surface area contributed by atoms with Crippen LogP contribution in [0.3, 0.4) is 0 Å². The molecule has 5 heteroatoms. The number of nitrogens with zero attached hydrogens (tertiary/aromatic N) is 1. The van der Waals surface area contributed by atoms with Crippen molar-refractivity contribution >= 4 is 24.0 Å². The van der Waals surface area contributed by atoms with Gasteiger partial charge in [0.05, 0.1) is 0 Å². The van der Waals surface area contributed by atoms with Crippen LogP contribution in [-0.2, 0) is 6.54 Å². The first-order chi connectivity index (χ1) is 7.66. The summed E-state index contributed by atoms with van der Waals surface area (Å²) in [5.74, 6) is -0.210. The molecular weight excluding hydrogens is 262 g/mol. The molecule has 0 bridgehead atoms. The molecule has 1 fully saturated rings. The van der Waals surface area contributed by atoms with Crippen LogP contribution in [0.4, 0.5) is 4.39 Å². The lowest BCUT2D eigenvalue weighted by Gasteiger charge is -2.32. The van der Waals surface area contributed by atoms with Gasteiger partial charge in [-0.3, -0.25) is 4.90 Å². The molecule has 0 aliphatic carbocycles. The quantitative estimate of drug-likeness (QED) is 0.895. The molecule has 1 aromatic carbocycles. The van der Waals surface area contributed by atoms with Gasteiger partial charge >= 0.3 is 0 Å². The van der Waals surface area contributed by atoms with Crippen LogP contribution >= 0.6 is 24.0 Å². The minimum absolute atomic E-state index is 0. The van der Waals surface area contributed by atoms with Crippen LogP contribution in [0.5, 0.6) is 0 Å². The lowest BCUT2D eigenvalue weighted by atomic mass is 10.1. The highest BCUT2D eigenvalue weighted by atomic mass is 35.5. The Bertz CT molecular complexity index is 353. The standard InChI is InChI=1S/C12H16ClFN2.ClH/c1-9-7-16(6-5-15-9)8-10-11(13)3-2-4-12(10)14;/h2-4,9,15H,5-8H2,1H3;1H. The molecule has 1 N–H and O–H groups in total. The van der Waals surface area contributed by atoms with Crippen molar-refractivity contribution in [3.63, 3.8) is 0 Å². The normalized spacial score (nSPS) is 21.0. The molecule has 17 heavy (non-hydrogen) atoms. The van der Waals surface area contributed by atoms with Crippen LogP contribution in [0.1, 0.15) is 12.5 Å². The average Bonchev–Trinajstić information content (AvgIpc) is 2.24. The average molecular weight is 279 g/mol. The van der Waals surface area contributed by atoms with Crippen LogP contribution < -0.4 is 5.32 Å². The van der Waals surface area contributed by atoms with Crippen LogP contribution in [0.25, 0.3) is 0 Å². The Morgan fingerprint density at radius 3 is 2.94 bits per heavy atom. The fraction of sp³-hybridized carbons (Fsp3) is 0.500. The monoisotopic (exact) mass is 278 g/mol. The molecule has 0 radical (unpaired) electrons. The maximum Gasteiger partial charge on any atom is 0.129 e. The van der Waals surface area contributed by atoms with E-state index >= 15 is 0 Å². The van der Waals surface area contributed by atoms with Crippen molar-refractivity contribution in [2.45, 2.75) is 19.5 Å². The predicted molar refractivity (Wildman–Crippen MR) is 71.4 cm³/mol. The Kier molecular flexibility index (Phi) is 5.67. The van der Waals surface area contributed by atoms with E-state index in [-0.39, 0.29) is 18.2 Å². The van der Waals surface area contributed by atoms with E-state index in [1.165, 1.54) is 6.07 Å². The zero-order chi connectivity index (χ0) is 11.5. The van der Waals surface area contributed by atoms with Crippen molar-refractivity contribution < 1.29 is 4.39 Å². The van der Waals surface area contributed by atoms with E-state index in [0.29, 0.717) is 23.2 Å². The molecule has 0 aromatic heterocycles. The van der Waals surface area contributed by atoms with Crippen molar-refractivity contribution in [1.82, 2.24) is 10.2 Å². The van der Waals surface area contributed by atoms with Gasteiger partial charge in [-0.1, -0.05) is 17.7 Å². The largest absolute Gasteiger partial charge is 0.312 e. The van der Waals surface area contributed by atoms with E-state index in [2.05, 4.69) is 17.1 Å². The van der Waals surface area contributed by atoms with Gasteiger partial charge in [0.2, 0.25) is 0 Å². The Hall–Kier alpha value is -0.350. The molecule has 1 heterocycles. The predicted octanol–water partition coefficient (Wildman–Crippen LogP) is 2.69. The summed E-state index contributed by atoms with van der Waals surface area (Å²) in [6.07, 6.45) is 0. The topological polar surface area (TPSA) is 15.3 Å². The third-order valence-electron chi connectivity index (χ3n) is 2.90. The van der Waals surface area contributed by atoms with E-state index in [1.807, 2.05) is 0 Å². The molecule has 1 aliphatic heterocycles. The number of rotatable bonds is 2. The minimum atomic E-state index is -0.210. The third-order valence-corrected chi connectivity index (χ3v) is 3.25. The number of nitrogens with one attached hydrogen (secondary N) is 1. The van der Waals surface area contributed by atoms with Crippen LogP contribution in [0.15, 0.2) is 18.2 Å². The van der Waals surface area contributed by atoms with E-state index in [0.717, 1.165) is 19.6 Å². The molecule has 1 aromatic rings. The Balaban J connectivity index is 0.00000144. The summed E-state index contributed by atoms with van der Waals surface area (Å²) in [6.45, 7) is 5.56. The van der Waals surface area contributed by atoms with E-state index in [1.54, 1.807) is 12.1 Å². The summed E-state index contributed by atoms with van der Waals surface area (Å²) < 4.78 is 13.6. The van der Waals surface area contributed by atoms with E-state index in [4.69, 9.17) is 11.6 Å². The fourth-order valence-electron chi connectivity index (χ4n) is 2.06. The summed E-state index contributed by atoms with van der Waals surface area (Å²) in [5, 5.41) is 3.88. The molecule has 1 atom stereocenters. The van der Waals surface area contributed by atoms with Gasteiger partial charge in [0.1, 0.15) is 5.82 Å². The van der Waals surface area contributed by atoms with Crippen molar-refractivity contribution in [1.29, 1.82) is 0 Å². The summed E-state index contributed by atoms with van der Waals surface area (Å²) in [7, 11) is 0. The SMILES string of the molecule is CC1CN(Cc2c(F)cccc2Cl)CCN1.Cl. The number of halogens is 3. The molecule has 2 rings (SSSR count). The Labute approximate surface area is 113 Å². The van der Waals surface area contributed by atoms with Gasteiger partial charge in [-0.05, 0) is 19.1 Å². The van der Waals surface area contributed by atoms with E-state index < -0.39 is 0 Å². The molecule has 1 unspecified atom stereocenters. The van der Waals surface area contributed by atoms with Gasteiger partial charge in [-0.25, -0.2) is 4.39 Å². The summed E-state index contributed by atoms with van der Waals surface area (Å²) in [5.41, 5.74) is 0.610. The first kappa shape index (κ1) is 14.7. The Morgan fingerprint density at radius 1 is 1.53 bits per heavy atom. The molecule has 96 valence electrons. The maximum atomic E-state index is 13.6. The molecule has 0 amide bonds. The molecule has 0 saturated carbocycles. The van der Waals surface area contributed by atoms with E-state index in [9.17, 15) is 4.39 Å². The highest BCUT2D eigenvalue weighted by molar-refractivity contribution is 6.31. The van der Waals surface area contributed by atoms with Gasteiger partial charge in [0.15, 0.2) is 0 Å². The lowest BCUT2D eigenvalue weighted by Crippen LogP contribution is -2.48. The molecule has 0 spiro atoms. The lowest BCUT2D eigenvalue weighted by molar-refractivity contribution is 0.197. The van der Waals surface area contributed by atoms with Crippen molar-refractivity contribution in [3.8, 4) is 0 Å². The molecule has 1 aliphatic rings. The van der Waals surface area contributed by atoms with Crippen molar-refractivity contribution in [3.05, 3.63) is 34.6 Å². The highest BCUT2D eigenvalue weighted by Gasteiger charge is 2.18. The molecule has 1 saturated heterocycles. The second kappa shape index (κ2) is 6.55. The van der Waals surface area contributed by atoms with Crippen molar-refractivity contribution in [2.24, 2.45) is 0 Å². The second-order valence-corrected chi connectivity index (χ2v) is 4.70.